The van der Waals surface area contributed by atoms with E-state index in [-0.39, 0.29) is 12.6 Å². The van der Waals surface area contributed by atoms with Gasteiger partial charge in [0.2, 0.25) is 10.0 Å². The molecule has 0 radical (unpaired) electrons. The molecule has 184 valence electrons. The van der Waals surface area contributed by atoms with Crippen LogP contribution in [0.3, 0.4) is 0 Å². The van der Waals surface area contributed by atoms with E-state index < -0.39 is 10.0 Å². The van der Waals surface area contributed by atoms with Gasteiger partial charge in [-0.15, -0.1) is 5.10 Å². The van der Waals surface area contributed by atoms with Gasteiger partial charge in [-0.25, -0.2) is 22.8 Å². The van der Waals surface area contributed by atoms with Gasteiger partial charge in [-0.05, 0) is 43.4 Å². The van der Waals surface area contributed by atoms with E-state index in [1.54, 1.807) is 4.68 Å². The number of benzene rings is 2. The van der Waals surface area contributed by atoms with Crippen molar-refractivity contribution >= 4 is 21.1 Å². The van der Waals surface area contributed by atoms with Gasteiger partial charge >= 0.3 is 0 Å². The van der Waals surface area contributed by atoms with E-state index in [1.165, 1.54) is 11.8 Å². The van der Waals surface area contributed by atoms with Crippen molar-refractivity contribution in [1.82, 2.24) is 29.3 Å². The topological polar surface area (TPSA) is 104 Å². The molecule has 0 amide bonds. The summed E-state index contributed by atoms with van der Waals surface area (Å²) in [5, 5.41) is 8.38. The molecular weight excluding hydrogens is 464 g/mol. The fourth-order valence-corrected chi connectivity index (χ4v) is 5.48. The molecular formula is C25H30N6O3S. The molecule has 10 heteroatoms. The van der Waals surface area contributed by atoms with Crippen molar-refractivity contribution in [2.24, 2.45) is 13.0 Å². The standard InChI is InChI=1S/C25H30N6O3S/c1-17-24(30(2)29-28-17)20-9-10-21-22(15-20)31(23(27-21)16-26-35(3,32)33)25(18-7-5-4-6-8-18)19-11-13-34-14-12-19/h4-10,15,19,25-26H,11-14,16H2,1-3H3. The molecule has 0 spiro atoms. The lowest BCUT2D eigenvalue weighted by molar-refractivity contribution is 0.0544. The number of sulfonamides is 1. The summed E-state index contributed by atoms with van der Waals surface area (Å²) in [6.07, 6.45) is 3.01. The molecule has 35 heavy (non-hydrogen) atoms. The first kappa shape index (κ1) is 23.7. The van der Waals surface area contributed by atoms with Crippen LogP contribution >= 0.6 is 0 Å². The predicted octanol–water partition coefficient (Wildman–Crippen LogP) is 3.21. The summed E-state index contributed by atoms with van der Waals surface area (Å²) in [6.45, 7) is 3.48. The van der Waals surface area contributed by atoms with Gasteiger partial charge in [0.25, 0.3) is 0 Å². The van der Waals surface area contributed by atoms with E-state index in [2.05, 4.69) is 37.8 Å². The lowest BCUT2D eigenvalue weighted by Crippen LogP contribution is -2.30. The van der Waals surface area contributed by atoms with Crippen LogP contribution in [0.2, 0.25) is 0 Å². The second kappa shape index (κ2) is 9.52. The van der Waals surface area contributed by atoms with Gasteiger partial charge in [0, 0.05) is 25.8 Å². The van der Waals surface area contributed by atoms with Gasteiger partial charge in [0.15, 0.2) is 0 Å². The highest BCUT2D eigenvalue weighted by Gasteiger charge is 2.30. The molecule has 0 bridgehead atoms. The minimum atomic E-state index is -3.39. The van der Waals surface area contributed by atoms with E-state index in [9.17, 15) is 8.42 Å². The maximum atomic E-state index is 12.0. The van der Waals surface area contributed by atoms with Gasteiger partial charge in [0.05, 0.1) is 41.3 Å². The molecule has 3 heterocycles. The summed E-state index contributed by atoms with van der Waals surface area (Å²) < 4.78 is 36.3. The minimum Gasteiger partial charge on any atom is -0.381 e. The molecule has 0 saturated carbocycles. The molecule has 1 saturated heterocycles. The first-order valence-electron chi connectivity index (χ1n) is 11.8. The predicted molar refractivity (Wildman–Crippen MR) is 134 cm³/mol. The molecule has 1 N–H and O–H groups in total. The normalized spacial score (nSPS) is 16.1. The number of aromatic nitrogens is 5. The number of imidazole rings is 1. The van der Waals surface area contributed by atoms with Crippen LogP contribution in [-0.4, -0.2) is 52.4 Å². The highest BCUT2D eigenvalue weighted by molar-refractivity contribution is 7.88. The molecule has 2 aromatic carbocycles. The number of nitrogens with one attached hydrogen (secondary N) is 1. The van der Waals surface area contributed by atoms with Gasteiger partial charge in [-0.2, -0.15) is 0 Å². The van der Waals surface area contributed by atoms with Gasteiger partial charge in [0.1, 0.15) is 5.82 Å². The largest absolute Gasteiger partial charge is 0.381 e. The zero-order valence-electron chi connectivity index (χ0n) is 20.2. The molecule has 1 unspecified atom stereocenters. The Labute approximate surface area is 205 Å². The second-order valence-corrected chi connectivity index (χ2v) is 11.0. The summed E-state index contributed by atoms with van der Waals surface area (Å²) in [7, 11) is -1.51. The van der Waals surface area contributed by atoms with E-state index in [1.807, 2.05) is 44.3 Å². The van der Waals surface area contributed by atoms with E-state index >= 15 is 0 Å². The third-order valence-corrected chi connectivity index (χ3v) is 7.32. The van der Waals surface area contributed by atoms with Crippen molar-refractivity contribution in [3.05, 3.63) is 65.6 Å². The lowest BCUT2D eigenvalue weighted by atomic mass is 9.86. The summed E-state index contributed by atoms with van der Waals surface area (Å²) in [5.41, 5.74) is 5.72. The van der Waals surface area contributed by atoms with Crippen molar-refractivity contribution in [1.29, 1.82) is 0 Å². The molecule has 1 aliphatic heterocycles. The maximum absolute atomic E-state index is 12.0. The molecule has 1 aliphatic rings. The summed E-state index contributed by atoms with van der Waals surface area (Å²) in [6, 6.07) is 16.5. The quantitative estimate of drug-likeness (QED) is 0.423. The summed E-state index contributed by atoms with van der Waals surface area (Å²) in [5.74, 6) is 1.01. The van der Waals surface area contributed by atoms with Crippen molar-refractivity contribution in [3.8, 4) is 11.3 Å². The molecule has 0 aliphatic carbocycles. The summed E-state index contributed by atoms with van der Waals surface area (Å²) in [4.78, 5) is 4.89. The third-order valence-electron chi connectivity index (χ3n) is 6.66. The first-order valence-corrected chi connectivity index (χ1v) is 13.7. The molecule has 5 rings (SSSR count). The van der Waals surface area contributed by atoms with E-state index in [4.69, 9.17) is 9.72 Å². The average Bonchev–Trinajstić information content (AvgIpc) is 3.37. The molecule has 1 fully saturated rings. The Morgan fingerprint density at radius 2 is 1.89 bits per heavy atom. The zero-order chi connectivity index (χ0) is 24.6. The summed E-state index contributed by atoms with van der Waals surface area (Å²) >= 11 is 0. The third kappa shape index (κ3) is 4.86. The van der Waals surface area contributed by atoms with E-state index in [0.29, 0.717) is 25.0 Å². The van der Waals surface area contributed by atoms with Crippen LogP contribution in [0.1, 0.15) is 36.0 Å². The van der Waals surface area contributed by atoms with Crippen molar-refractivity contribution in [3.63, 3.8) is 0 Å². The first-order chi connectivity index (χ1) is 16.8. The number of fused-ring (bicyclic) bond motifs is 1. The fourth-order valence-electron chi connectivity index (χ4n) is 5.09. The Morgan fingerprint density at radius 3 is 2.54 bits per heavy atom. The Hall–Kier alpha value is -3.08. The van der Waals surface area contributed by atoms with Crippen LogP contribution in [-0.2, 0) is 28.4 Å². The second-order valence-electron chi connectivity index (χ2n) is 9.15. The molecule has 9 nitrogen and oxygen atoms in total. The highest BCUT2D eigenvalue weighted by atomic mass is 32.2. The smallest absolute Gasteiger partial charge is 0.209 e. The maximum Gasteiger partial charge on any atom is 0.209 e. The minimum absolute atomic E-state index is 0.0116. The van der Waals surface area contributed by atoms with Gasteiger partial charge in [-0.3, -0.25) is 0 Å². The molecule has 2 aromatic heterocycles. The molecule has 4 aromatic rings. The number of hydrogen-bond acceptors (Lipinski definition) is 6. The van der Waals surface area contributed by atoms with Crippen molar-refractivity contribution < 1.29 is 13.2 Å². The van der Waals surface area contributed by atoms with Gasteiger partial charge < -0.3 is 9.30 Å². The van der Waals surface area contributed by atoms with Crippen LogP contribution in [0.15, 0.2) is 48.5 Å². The number of aryl methyl sites for hydroxylation is 2. The number of rotatable bonds is 7. The van der Waals surface area contributed by atoms with Crippen LogP contribution in [0.5, 0.6) is 0 Å². The monoisotopic (exact) mass is 494 g/mol. The number of hydrogen-bond donors (Lipinski definition) is 1. The van der Waals surface area contributed by atoms with Crippen molar-refractivity contribution in [2.75, 3.05) is 19.5 Å². The Balaban J connectivity index is 1.73. The van der Waals surface area contributed by atoms with Crippen LogP contribution < -0.4 is 4.72 Å². The highest BCUT2D eigenvalue weighted by Crippen LogP contribution is 2.38. The van der Waals surface area contributed by atoms with Crippen LogP contribution in [0.25, 0.3) is 22.3 Å². The van der Waals surface area contributed by atoms with Crippen molar-refractivity contribution in [2.45, 2.75) is 32.4 Å². The Bertz CT molecular complexity index is 1420. The lowest BCUT2D eigenvalue weighted by Gasteiger charge is -2.33. The Morgan fingerprint density at radius 1 is 1.14 bits per heavy atom. The van der Waals surface area contributed by atoms with Gasteiger partial charge in [-0.1, -0.05) is 41.6 Å². The number of ether oxygens (including phenoxy) is 1. The van der Waals surface area contributed by atoms with Crippen LogP contribution in [0, 0.1) is 12.8 Å². The SMILES string of the molecule is Cc1nnn(C)c1-c1ccc2nc(CNS(C)(=O)=O)n(C(c3ccccc3)C3CCOCC3)c2c1. The number of nitrogens with zero attached hydrogens (tertiary/aromatic N) is 5. The fraction of sp³-hybridized carbons (Fsp3) is 0.400. The average molecular weight is 495 g/mol. The zero-order valence-corrected chi connectivity index (χ0v) is 21.0. The van der Waals surface area contributed by atoms with E-state index in [0.717, 1.165) is 40.8 Å². The molecule has 1 atom stereocenters. The van der Waals surface area contributed by atoms with Crippen LogP contribution in [0.4, 0.5) is 0 Å². The Kier molecular flexibility index (Phi) is 6.43.